The summed E-state index contributed by atoms with van der Waals surface area (Å²) in [6.45, 7) is 13.4. The molecule has 2 aliphatic rings. The van der Waals surface area contributed by atoms with Crippen molar-refractivity contribution >= 4 is 11.6 Å². The Bertz CT molecular complexity index is 637. The lowest BCUT2D eigenvalue weighted by Gasteiger charge is -2.38. The number of benzene rings is 1. The van der Waals surface area contributed by atoms with E-state index < -0.39 is 0 Å². The summed E-state index contributed by atoms with van der Waals surface area (Å²) in [5, 5.41) is 3.67. The van der Waals surface area contributed by atoms with Crippen molar-refractivity contribution in [2.75, 3.05) is 71.4 Å². The molecule has 2 saturated heterocycles. The van der Waals surface area contributed by atoms with Crippen LogP contribution in [0.25, 0.3) is 0 Å². The highest BCUT2D eigenvalue weighted by atomic mass is 16.5. The Morgan fingerprint density at radius 3 is 2.48 bits per heavy atom. The fourth-order valence-electron chi connectivity index (χ4n) is 4.54. The van der Waals surface area contributed by atoms with E-state index in [0.29, 0.717) is 0 Å². The van der Waals surface area contributed by atoms with E-state index in [0.717, 1.165) is 56.3 Å². The maximum Gasteiger partial charge on any atom is 0.193 e. The van der Waals surface area contributed by atoms with E-state index in [2.05, 4.69) is 51.0 Å². The second-order valence-electron chi connectivity index (χ2n) is 8.76. The number of piperidine rings is 1. The second kappa shape index (κ2) is 10.7. The molecule has 0 bridgehead atoms. The number of rotatable bonds is 6. The summed E-state index contributed by atoms with van der Waals surface area (Å²) < 4.78 is 5.27. The molecule has 6 nitrogen and oxygen atoms in total. The molecule has 2 heterocycles. The summed E-state index contributed by atoms with van der Waals surface area (Å²) in [7, 11) is 3.62. The molecular weight excluding hydrogens is 362 g/mol. The van der Waals surface area contributed by atoms with Gasteiger partial charge in [-0.1, -0.05) is 13.8 Å². The molecule has 3 rings (SSSR count). The van der Waals surface area contributed by atoms with Gasteiger partial charge in [0.25, 0.3) is 0 Å². The van der Waals surface area contributed by atoms with Gasteiger partial charge in [0.15, 0.2) is 5.96 Å². The van der Waals surface area contributed by atoms with Crippen LogP contribution in [0, 0.1) is 11.8 Å². The van der Waals surface area contributed by atoms with E-state index in [4.69, 9.17) is 4.74 Å². The SMILES string of the molecule is CN=C(NCC1CCCN(CC(C)C)C1)N1CCN(c2ccc(OC)cc2)CC1. The number of nitrogens with zero attached hydrogens (tertiary/aromatic N) is 4. The number of piperazine rings is 1. The van der Waals surface area contributed by atoms with Crippen molar-refractivity contribution in [1.82, 2.24) is 15.1 Å². The molecule has 1 unspecified atom stereocenters. The first-order valence-electron chi connectivity index (χ1n) is 11.2. The van der Waals surface area contributed by atoms with E-state index in [-0.39, 0.29) is 0 Å². The van der Waals surface area contributed by atoms with Crippen LogP contribution in [0.3, 0.4) is 0 Å². The molecule has 1 aromatic carbocycles. The number of aliphatic imine (C=N–C) groups is 1. The quantitative estimate of drug-likeness (QED) is 0.587. The zero-order valence-electron chi connectivity index (χ0n) is 18.7. The van der Waals surface area contributed by atoms with Gasteiger partial charge < -0.3 is 24.8 Å². The summed E-state index contributed by atoms with van der Waals surface area (Å²) in [6, 6.07) is 8.37. The number of likely N-dealkylation sites (tertiary alicyclic amines) is 1. The van der Waals surface area contributed by atoms with Gasteiger partial charge in [0.05, 0.1) is 7.11 Å². The van der Waals surface area contributed by atoms with Crippen molar-refractivity contribution < 1.29 is 4.74 Å². The third kappa shape index (κ3) is 6.26. The average molecular weight is 402 g/mol. The molecule has 1 N–H and O–H groups in total. The molecule has 2 fully saturated rings. The van der Waals surface area contributed by atoms with E-state index in [9.17, 15) is 0 Å². The lowest BCUT2D eigenvalue weighted by Crippen LogP contribution is -2.53. The number of guanidine groups is 1. The van der Waals surface area contributed by atoms with Gasteiger partial charge in [-0.25, -0.2) is 0 Å². The van der Waals surface area contributed by atoms with Gasteiger partial charge in [-0.3, -0.25) is 4.99 Å². The number of hydrogen-bond acceptors (Lipinski definition) is 4. The second-order valence-corrected chi connectivity index (χ2v) is 8.76. The number of nitrogens with one attached hydrogen (secondary N) is 1. The number of methoxy groups -OCH3 is 1. The maximum atomic E-state index is 5.27. The molecule has 0 aliphatic carbocycles. The van der Waals surface area contributed by atoms with E-state index >= 15 is 0 Å². The van der Waals surface area contributed by atoms with Crippen LogP contribution >= 0.6 is 0 Å². The van der Waals surface area contributed by atoms with Gasteiger partial charge in [0.2, 0.25) is 0 Å². The van der Waals surface area contributed by atoms with Gasteiger partial charge in [-0.2, -0.15) is 0 Å². The van der Waals surface area contributed by atoms with E-state index in [1.54, 1.807) is 7.11 Å². The Hall–Kier alpha value is -1.95. The van der Waals surface area contributed by atoms with Gasteiger partial charge in [-0.15, -0.1) is 0 Å². The first kappa shape index (κ1) is 21.8. The molecule has 2 aliphatic heterocycles. The molecule has 0 radical (unpaired) electrons. The minimum absolute atomic E-state index is 0.722. The number of anilines is 1. The topological polar surface area (TPSA) is 43.3 Å². The van der Waals surface area contributed by atoms with E-state index in [1.807, 2.05) is 19.2 Å². The average Bonchev–Trinajstić information content (AvgIpc) is 2.74. The Labute approximate surface area is 176 Å². The fraction of sp³-hybridized carbons (Fsp3) is 0.696. The zero-order chi connectivity index (χ0) is 20.6. The summed E-state index contributed by atoms with van der Waals surface area (Å²) >= 11 is 0. The van der Waals surface area contributed by atoms with Crippen LogP contribution in [-0.4, -0.2) is 82.3 Å². The normalized spacial score (nSPS) is 21.6. The summed E-state index contributed by atoms with van der Waals surface area (Å²) in [4.78, 5) is 12.0. The summed E-state index contributed by atoms with van der Waals surface area (Å²) in [5.41, 5.74) is 1.26. The largest absolute Gasteiger partial charge is 0.497 e. The van der Waals surface area contributed by atoms with Crippen molar-refractivity contribution in [3.63, 3.8) is 0 Å². The minimum atomic E-state index is 0.722. The molecule has 0 saturated carbocycles. The van der Waals surface area contributed by atoms with Gasteiger partial charge >= 0.3 is 0 Å². The minimum Gasteiger partial charge on any atom is -0.497 e. The van der Waals surface area contributed by atoms with Crippen LogP contribution in [0.4, 0.5) is 5.69 Å². The van der Waals surface area contributed by atoms with Gasteiger partial charge in [-0.05, 0) is 55.5 Å². The van der Waals surface area contributed by atoms with E-state index in [1.165, 1.54) is 38.2 Å². The maximum absolute atomic E-state index is 5.27. The first-order valence-corrected chi connectivity index (χ1v) is 11.2. The molecular formula is C23H39N5O. The Morgan fingerprint density at radius 2 is 1.86 bits per heavy atom. The number of ether oxygens (including phenoxy) is 1. The molecule has 0 aromatic heterocycles. The lowest BCUT2D eigenvalue weighted by atomic mass is 9.97. The Morgan fingerprint density at radius 1 is 1.14 bits per heavy atom. The molecule has 1 atom stereocenters. The van der Waals surface area contributed by atoms with Crippen molar-refractivity contribution in [2.24, 2.45) is 16.8 Å². The van der Waals surface area contributed by atoms with Crippen LogP contribution in [0.15, 0.2) is 29.3 Å². The van der Waals surface area contributed by atoms with Crippen molar-refractivity contribution in [1.29, 1.82) is 0 Å². The zero-order valence-corrected chi connectivity index (χ0v) is 18.7. The molecule has 29 heavy (non-hydrogen) atoms. The van der Waals surface area contributed by atoms with Crippen LogP contribution in [-0.2, 0) is 0 Å². The third-order valence-electron chi connectivity index (χ3n) is 6.00. The summed E-state index contributed by atoms with van der Waals surface area (Å²) in [6.07, 6.45) is 2.64. The molecule has 1 aromatic rings. The predicted octanol–water partition coefficient (Wildman–Crippen LogP) is 2.76. The Kier molecular flexibility index (Phi) is 8.04. The smallest absolute Gasteiger partial charge is 0.193 e. The molecule has 0 amide bonds. The molecule has 162 valence electrons. The van der Waals surface area contributed by atoms with Crippen molar-refractivity contribution in [2.45, 2.75) is 26.7 Å². The highest BCUT2D eigenvalue weighted by Gasteiger charge is 2.23. The van der Waals surface area contributed by atoms with Gasteiger partial charge in [0.1, 0.15) is 5.75 Å². The van der Waals surface area contributed by atoms with Crippen LogP contribution < -0.4 is 15.0 Å². The number of hydrogen-bond donors (Lipinski definition) is 1. The molecule has 0 spiro atoms. The van der Waals surface area contributed by atoms with Crippen LogP contribution in [0.2, 0.25) is 0 Å². The highest BCUT2D eigenvalue weighted by molar-refractivity contribution is 5.80. The Balaban J connectivity index is 1.45. The first-order chi connectivity index (χ1) is 14.1. The fourth-order valence-corrected chi connectivity index (χ4v) is 4.54. The van der Waals surface area contributed by atoms with Gasteiger partial charge in [0, 0.05) is 58.5 Å². The van der Waals surface area contributed by atoms with Crippen LogP contribution in [0.1, 0.15) is 26.7 Å². The van der Waals surface area contributed by atoms with Crippen molar-refractivity contribution in [3.8, 4) is 5.75 Å². The third-order valence-corrected chi connectivity index (χ3v) is 6.00. The lowest BCUT2D eigenvalue weighted by molar-refractivity contribution is 0.159. The van der Waals surface area contributed by atoms with Crippen molar-refractivity contribution in [3.05, 3.63) is 24.3 Å². The summed E-state index contributed by atoms with van der Waals surface area (Å²) in [5.74, 6) is 3.43. The monoisotopic (exact) mass is 401 g/mol. The van der Waals surface area contributed by atoms with Crippen LogP contribution in [0.5, 0.6) is 5.75 Å². The predicted molar refractivity (Wildman–Crippen MR) is 122 cm³/mol. The molecule has 6 heteroatoms. The standard InChI is InChI=1S/C23H39N5O/c1-19(2)17-26-11-5-6-20(18-26)16-25-23(24-3)28-14-12-27(13-15-28)21-7-9-22(29-4)10-8-21/h7-10,19-20H,5-6,11-18H2,1-4H3,(H,24,25). The highest BCUT2D eigenvalue weighted by Crippen LogP contribution is 2.21.